The van der Waals surface area contributed by atoms with E-state index < -0.39 is 0 Å². The maximum atomic E-state index is 3.58. The van der Waals surface area contributed by atoms with E-state index in [2.05, 4.69) is 34.0 Å². The molecule has 0 saturated carbocycles. The van der Waals surface area contributed by atoms with Crippen LogP contribution in [0.4, 0.5) is 5.69 Å². The second-order valence-electron chi connectivity index (χ2n) is 5.36. The molecule has 3 nitrogen and oxygen atoms in total. The lowest BCUT2D eigenvalue weighted by molar-refractivity contribution is 0.151. The van der Waals surface area contributed by atoms with Crippen LogP contribution in [0.1, 0.15) is 36.8 Å². The zero-order valence-corrected chi connectivity index (χ0v) is 11.0. The van der Waals surface area contributed by atoms with Crippen LogP contribution < -0.4 is 10.7 Å². The quantitative estimate of drug-likeness (QED) is 0.857. The number of hydrogen-bond acceptors (Lipinski definition) is 3. The third-order valence-electron chi connectivity index (χ3n) is 4.01. The fourth-order valence-corrected chi connectivity index (χ4v) is 2.98. The number of hydrogen-bond donors (Lipinski definition) is 2. The average molecular weight is 245 g/mol. The van der Waals surface area contributed by atoms with Crippen LogP contribution in [0.3, 0.4) is 0 Å². The van der Waals surface area contributed by atoms with Gasteiger partial charge in [0, 0.05) is 31.9 Å². The molecule has 1 fully saturated rings. The van der Waals surface area contributed by atoms with E-state index in [4.69, 9.17) is 0 Å². The molecule has 18 heavy (non-hydrogen) atoms. The number of benzene rings is 1. The van der Waals surface area contributed by atoms with Crippen LogP contribution in [0.2, 0.25) is 0 Å². The van der Waals surface area contributed by atoms with Gasteiger partial charge < -0.3 is 5.32 Å². The Balaban J connectivity index is 1.65. The Morgan fingerprint density at radius 2 is 2.00 bits per heavy atom. The Bertz CT molecular complexity index is 397. The number of fused-ring (bicyclic) bond motifs is 1. The number of anilines is 1. The highest BCUT2D eigenvalue weighted by Crippen LogP contribution is 2.26. The summed E-state index contributed by atoms with van der Waals surface area (Å²) in [5, 5.41) is 5.94. The van der Waals surface area contributed by atoms with Crippen LogP contribution in [0.5, 0.6) is 0 Å². The first-order valence-corrected chi connectivity index (χ1v) is 7.26. The van der Waals surface area contributed by atoms with Gasteiger partial charge in [-0.15, -0.1) is 0 Å². The maximum absolute atomic E-state index is 3.58. The third kappa shape index (κ3) is 2.68. The Morgan fingerprint density at radius 1 is 1.11 bits per heavy atom. The number of piperidine rings is 1. The maximum Gasteiger partial charge on any atom is 0.0418 e. The minimum absolute atomic E-state index is 0.955. The summed E-state index contributed by atoms with van der Waals surface area (Å²) < 4.78 is 0. The standard InChI is InChI=1S/C15H23N3/c1-2-10-18(11-3-1)17-12-14-7-4-6-13-8-5-9-16-15(13)14/h4,6-7,16-17H,1-3,5,8-12H2. The molecule has 2 aliphatic rings. The molecule has 2 heterocycles. The van der Waals surface area contributed by atoms with Crippen LogP contribution >= 0.6 is 0 Å². The van der Waals surface area contributed by atoms with Crippen molar-refractivity contribution in [3.05, 3.63) is 29.3 Å². The van der Waals surface area contributed by atoms with Gasteiger partial charge in [-0.3, -0.25) is 5.43 Å². The number of para-hydroxylation sites is 1. The second kappa shape index (κ2) is 5.72. The molecule has 1 aromatic carbocycles. The molecule has 0 aliphatic carbocycles. The Labute approximate surface area is 110 Å². The minimum atomic E-state index is 0.955. The minimum Gasteiger partial charge on any atom is -0.385 e. The molecule has 0 aromatic heterocycles. The molecule has 1 aromatic rings. The molecular formula is C15H23N3. The van der Waals surface area contributed by atoms with Crippen molar-refractivity contribution >= 4 is 5.69 Å². The monoisotopic (exact) mass is 245 g/mol. The van der Waals surface area contributed by atoms with E-state index in [0.717, 1.165) is 13.1 Å². The summed E-state index contributed by atoms with van der Waals surface area (Å²) in [6.45, 7) is 4.47. The molecule has 0 atom stereocenters. The largest absolute Gasteiger partial charge is 0.385 e. The van der Waals surface area contributed by atoms with Gasteiger partial charge in [-0.05, 0) is 36.8 Å². The van der Waals surface area contributed by atoms with Gasteiger partial charge in [-0.2, -0.15) is 0 Å². The lowest BCUT2D eigenvalue weighted by Crippen LogP contribution is -2.41. The van der Waals surface area contributed by atoms with E-state index in [9.17, 15) is 0 Å². The highest BCUT2D eigenvalue weighted by Gasteiger charge is 2.14. The Morgan fingerprint density at radius 3 is 2.89 bits per heavy atom. The number of rotatable bonds is 3. The third-order valence-corrected chi connectivity index (χ3v) is 4.01. The van der Waals surface area contributed by atoms with Gasteiger partial charge in [-0.25, -0.2) is 5.01 Å². The first-order valence-electron chi connectivity index (χ1n) is 7.26. The van der Waals surface area contributed by atoms with E-state index >= 15 is 0 Å². The normalized spacial score (nSPS) is 20.2. The van der Waals surface area contributed by atoms with Gasteiger partial charge in [0.2, 0.25) is 0 Å². The molecule has 0 radical (unpaired) electrons. The summed E-state index contributed by atoms with van der Waals surface area (Å²) in [4.78, 5) is 0. The second-order valence-corrected chi connectivity index (χ2v) is 5.36. The van der Waals surface area contributed by atoms with Crippen LogP contribution in [0.15, 0.2) is 18.2 Å². The van der Waals surface area contributed by atoms with Crippen LogP contribution in [-0.4, -0.2) is 24.6 Å². The SMILES string of the molecule is c1cc2c(c(CNN3CCCCC3)c1)NCCC2. The Kier molecular flexibility index (Phi) is 3.81. The van der Waals surface area contributed by atoms with Gasteiger partial charge in [0.1, 0.15) is 0 Å². The van der Waals surface area contributed by atoms with Gasteiger partial charge in [0.15, 0.2) is 0 Å². The van der Waals surface area contributed by atoms with Gasteiger partial charge in [0.25, 0.3) is 0 Å². The molecule has 0 amide bonds. The summed E-state index contributed by atoms with van der Waals surface area (Å²) in [5.74, 6) is 0. The molecule has 2 aliphatic heterocycles. The van der Waals surface area contributed by atoms with Crippen molar-refractivity contribution in [2.45, 2.75) is 38.6 Å². The van der Waals surface area contributed by atoms with E-state index in [1.54, 1.807) is 0 Å². The van der Waals surface area contributed by atoms with Crippen molar-refractivity contribution in [2.75, 3.05) is 25.0 Å². The zero-order chi connectivity index (χ0) is 12.2. The lowest BCUT2D eigenvalue weighted by Gasteiger charge is -2.28. The summed E-state index contributed by atoms with van der Waals surface area (Å²) in [6.07, 6.45) is 6.53. The fourth-order valence-electron chi connectivity index (χ4n) is 2.98. The molecular weight excluding hydrogens is 222 g/mol. The summed E-state index contributed by atoms with van der Waals surface area (Å²) >= 11 is 0. The van der Waals surface area contributed by atoms with Gasteiger partial charge in [-0.1, -0.05) is 24.6 Å². The van der Waals surface area contributed by atoms with Crippen molar-refractivity contribution in [3.63, 3.8) is 0 Å². The number of hydrazine groups is 1. The van der Waals surface area contributed by atoms with Crippen molar-refractivity contribution in [1.29, 1.82) is 0 Å². The topological polar surface area (TPSA) is 27.3 Å². The van der Waals surface area contributed by atoms with E-state index in [1.807, 2.05) is 0 Å². The molecule has 1 saturated heterocycles. The lowest BCUT2D eigenvalue weighted by atomic mass is 9.99. The van der Waals surface area contributed by atoms with E-state index in [-0.39, 0.29) is 0 Å². The summed E-state index contributed by atoms with van der Waals surface area (Å²) in [6, 6.07) is 6.69. The van der Waals surface area contributed by atoms with Crippen LogP contribution in [0.25, 0.3) is 0 Å². The average Bonchev–Trinajstić information content (AvgIpc) is 2.46. The van der Waals surface area contributed by atoms with E-state index in [1.165, 1.54) is 62.0 Å². The summed E-state index contributed by atoms with van der Waals surface area (Å²) in [7, 11) is 0. The Hall–Kier alpha value is -1.06. The van der Waals surface area contributed by atoms with E-state index in [0.29, 0.717) is 0 Å². The molecule has 98 valence electrons. The smallest absolute Gasteiger partial charge is 0.0418 e. The van der Waals surface area contributed by atoms with Gasteiger partial charge in [0.05, 0.1) is 0 Å². The molecule has 0 unspecified atom stereocenters. The molecule has 0 bridgehead atoms. The van der Waals surface area contributed by atoms with Crippen LogP contribution in [-0.2, 0) is 13.0 Å². The first-order chi connectivity index (χ1) is 8.93. The number of nitrogens with one attached hydrogen (secondary N) is 2. The van der Waals surface area contributed by atoms with Crippen molar-refractivity contribution in [3.8, 4) is 0 Å². The zero-order valence-electron chi connectivity index (χ0n) is 11.0. The molecule has 3 rings (SSSR count). The first kappa shape index (κ1) is 12.0. The summed E-state index contributed by atoms with van der Waals surface area (Å²) in [5.41, 5.74) is 7.86. The molecule has 3 heteroatoms. The number of aryl methyl sites for hydroxylation is 1. The van der Waals surface area contributed by atoms with Gasteiger partial charge >= 0.3 is 0 Å². The highest BCUT2D eigenvalue weighted by molar-refractivity contribution is 5.59. The van der Waals surface area contributed by atoms with Crippen LogP contribution in [0, 0.1) is 0 Å². The fraction of sp³-hybridized carbons (Fsp3) is 0.600. The van der Waals surface area contributed by atoms with Crippen molar-refractivity contribution in [2.24, 2.45) is 0 Å². The molecule has 0 spiro atoms. The van der Waals surface area contributed by atoms with Crippen molar-refractivity contribution in [1.82, 2.24) is 10.4 Å². The van der Waals surface area contributed by atoms with Crippen molar-refractivity contribution < 1.29 is 0 Å². The predicted octanol–water partition coefficient (Wildman–Crippen LogP) is 2.54. The predicted molar refractivity (Wildman–Crippen MR) is 75.5 cm³/mol. The number of nitrogens with zero attached hydrogens (tertiary/aromatic N) is 1. The molecule has 2 N–H and O–H groups in total. The highest BCUT2D eigenvalue weighted by atomic mass is 15.5.